The zero-order chi connectivity index (χ0) is 13.5. The van der Waals surface area contributed by atoms with Gasteiger partial charge in [0.25, 0.3) is 0 Å². The number of amides is 2. The summed E-state index contributed by atoms with van der Waals surface area (Å²) < 4.78 is 4.69. The van der Waals surface area contributed by atoms with Gasteiger partial charge in [0.05, 0.1) is 13.0 Å². The molecule has 0 atom stereocenters. The van der Waals surface area contributed by atoms with Crippen molar-refractivity contribution in [2.75, 3.05) is 26.7 Å². The van der Waals surface area contributed by atoms with Crippen molar-refractivity contribution in [2.45, 2.75) is 26.2 Å². The number of nitrogens with zero attached hydrogens (tertiary/aromatic N) is 1. The normalized spacial score (nSPS) is 16.2. The summed E-state index contributed by atoms with van der Waals surface area (Å²) in [6.07, 6.45) is 1.61. The Kier molecular flexibility index (Phi) is 5.61. The van der Waals surface area contributed by atoms with E-state index in [-0.39, 0.29) is 23.7 Å². The maximum atomic E-state index is 11.8. The van der Waals surface area contributed by atoms with E-state index in [2.05, 4.69) is 10.1 Å². The molecule has 6 heteroatoms. The average molecular weight is 256 g/mol. The van der Waals surface area contributed by atoms with Crippen LogP contribution in [0.1, 0.15) is 26.2 Å². The molecule has 1 saturated heterocycles. The van der Waals surface area contributed by atoms with Crippen LogP contribution in [0.2, 0.25) is 0 Å². The topological polar surface area (TPSA) is 75.7 Å². The van der Waals surface area contributed by atoms with Crippen molar-refractivity contribution in [1.29, 1.82) is 0 Å². The molecule has 0 aromatic carbocycles. The van der Waals surface area contributed by atoms with E-state index in [1.165, 1.54) is 14.0 Å². The summed E-state index contributed by atoms with van der Waals surface area (Å²) in [6, 6.07) is 0. The molecule has 0 unspecified atom stereocenters. The highest BCUT2D eigenvalue weighted by Gasteiger charge is 2.27. The predicted octanol–water partition coefficient (Wildman–Crippen LogP) is -0.0758. The number of hydrogen-bond acceptors (Lipinski definition) is 4. The van der Waals surface area contributed by atoms with Crippen LogP contribution in [0.3, 0.4) is 0 Å². The van der Waals surface area contributed by atoms with E-state index in [1.54, 1.807) is 4.90 Å². The molecule has 0 aliphatic carbocycles. The summed E-state index contributed by atoms with van der Waals surface area (Å²) in [5.74, 6) is -0.394. The third kappa shape index (κ3) is 4.35. The van der Waals surface area contributed by atoms with Gasteiger partial charge in [0.2, 0.25) is 11.8 Å². The summed E-state index contributed by atoms with van der Waals surface area (Å²) >= 11 is 0. The molecule has 0 spiro atoms. The van der Waals surface area contributed by atoms with Gasteiger partial charge in [-0.3, -0.25) is 14.4 Å². The van der Waals surface area contributed by atoms with Crippen molar-refractivity contribution in [3.8, 4) is 0 Å². The van der Waals surface area contributed by atoms with Gasteiger partial charge in [0.15, 0.2) is 0 Å². The number of carbonyl (C=O) groups excluding carboxylic acids is 3. The second-order valence-electron chi connectivity index (χ2n) is 4.41. The Bertz CT molecular complexity index is 322. The number of methoxy groups -OCH3 is 1. The van der Waals surface area contributed by atoms with Crippen LogP contribution in [0.5, 0.6) is 0 Å². The number of hydrogen-bond donors (Lipinski definition) is 1. The Morgan fingerprint density at radius 3 is 2.39 bits per heavy atom. The van der Waals surface area contributed by atoms with Gasteiger partial charge in [-0.1, -0.05) is 0 Å². The third-order valence-electron chi connectivity index (χ3n) is 3.09. The maximum absolute atomic E-state index is 11.8. The molecule has 2 amide bonds. The van der Waals surface area contributed by atoms with Crippen molar-refractivity contribution in [3.05, 3.63) is 0 Å². The van der Waals surface area contributed by atoms with Crippen LogP contribution in [0, 0.1) is 5.92 Å². The average Bonchev–Trinajstić information content (AvgIpc) is 2.37. The fourth-order valence-electron chi connectivity index (χ4n) is 2.03. The first-order valence-corrected chi connectivity index (χ1v) is 6.14. The van der Waals surface area contributed by atoms with Crippen molar-refractivity contribution in [2.24, 2.45) is 5.92 Å². The summed E-state index contributed by atoms with van der Waals surface area (Å²) in [5.41, 5.74) is 0. The maximum Gasteiger partial charge on any atom is 0.308 e. The van der Waals surface area contributed by atoms with E-state index >= 15 is 0 Å². The fraction of sp³-hybridized carbons (Fsp3) is 0.750. The number of likely N-dealkylation sites (tertiary alicyclic amines) is 1. The van der Waals surface area contributed by atoms with E-state index in [4.69, 9.17) is 0 Å². The van der Waals surface area contributed by atoms with Crippen LogP contribution in [0.15, 0.2) is 0 Å². The molecule has 0 bridgehead atoms. The van der Waals surface area contributed by atoms with Gasteiger partial charge in [-0.25, -0.2) is 0 Å². The summed E-state index contributed by atoms with van der Waals surface area (Å²) in [7, 11) is 1.38. The zero-order valence-electron chi connectivity index (χ0n) is 10.9. The van der Waals surface area contributed by atoms with Crippen LogP contribution >= 0.6 is 0 Å². The minimum absolute atomic E-state index is 0.0204. The minimum Gasteiger partial charge on any atom is -0.469 e. The first-order chi connectivity index (χ1) is 8.54. The van der Waals surface area contributed by atoms with Crippen molar-refractivity contribution in [3.63, 3.8) is 0 Å². The Balaban J connectivity index is 2.27. The Labute approximate surface area is 107 Å². The molecule has 0 aromatic heterocycles. The van der Waals surface area contributed by atoms with Crippen molar-refractivity contribution >= 4 is 17.8 Å². The largest absolute Gasteiger partial charge is 0.469 e. The number of nitrogens with one attached hydrogen (secondary N) is 1. The predicted molar refractivity (Wildman–Crippen MR) is 64.6 cm³/mol. The lowest BCUT2D eigenvalue weighted by atomic mass is 9.97. The van der Waals surface area contributed by atoms with Gasteiger partial charge >= 0.3 is 5.97 Å². The van der Waals surface area contributed by atoms with Crippen LogP contribution < -0.4 is 5.32 Å². The van der Waals surface area contributed by atoms with Crippen LogP contribution in [-0.2, 0) is 19.1 Å². The van der Waals surface area contributed by atoms with Gasteiger partial charge in [0, 0.05) is 33.0 Å². The molecule has 1 fully saturated rings. The lowest BCUT2D eigenvalue weighted by Crippen LogP contribution is -2.41. The number of ether oxygens (including phenoxy) is 1. The summed E-state index contributed by atoms with van der Waals surface area (Å²) in [4.78, 5) is 35.5. The quantitative estimate of drug-likeness (QED) is 0.714. The number of esters is 1. The second-order valence-corrected chi connectivity index (χ2v) is 4.41. The number of rotatable bonds is 4. The van der Waals surface area contributed by atoms with Gasteiger partial charge in [0.1, 0.15) is 0 Å². The molecule has 1 heterocycles. The molecular formula is C12H20N2O4. The first kappa shape index (κ1) is 14.5. The lowest BCUT2D eigenvalue weighted by molar-refractivity contribution is -0.148. The Morgan fingerprint density at radius 1 is 1.28 bits per heavy atom. The highest BCUT2D eigenvalue weighted by Crippen LogP contribution is 2.18. The smallest absolute Gasteiger partial charge is 0.308 e. The molecule has 6 nitrogen and oxygen atoms in total. The van der Waals surface area contributed by atoms with Gasteiger partial charge in [-0.05, 0) is 12.8 Å². The van der Waals surface area contributed by atoms with E-state index in [1.807, 2.05) is 0 Å². The van der Waals surface area contributed by atoms with E-state index in [0.717, 1.165) is 0 Å². The van der Waals surface area contributed by atoms with Crippen LogP contribution in [0.4, 0.5) is 0 Å². The van der Waals surface area contributed by atoms with Gasteiger partial charge < -0.3 is 15.0 Å². The number of carbonyl (C=O) groups is 3. The molecular weight excluding hydrogens is 236 g/mol. The first-order valence-electron chi connectivity index (χ1n) is 6.14. The van der Waals surface area contributed by atoms with E-state index < -0.39 is 0 Å². The molecule has 1 rings (SSSR count). The molecule has 0 radical (unpaired) electrons. The highest BCUT2D eigenvalue weighted by molar-refractivity contribution is 5.78. The van der Waals surface area contributed by atoms with Crippen molar-refractivity contribution < 1.29 is 19.1 Å². The summed E-state index contributed by atoms with van der Waals surface area (Å²) in [5, 5.41) is 2.59. The van der Waals surface area contributed by atoms with E-state index in [9.17, 15) is 14.4 Å². The SMILES string of the molecule is COC(=O)C1CCN(C(=O)CCNC(C)=O)CC1. The van der Waals surface area contributed by atoms with Crippen molar-refractivity contribution in [1.82, 2.24) is 10.2 Å². The van der Waals surface area contributed by atoms with E-state index in [0.29, 0.717) is 38.9 Å². The van der Waals surface area contributed by atoms with Crippen LogP contribution in [0.25, 0.3) is 0 Å². The standard InChI is InChI=1S/C12H20N2O4/c1-9(15)13-6-3-11(16)14-7-4-10(5-8-14)12(17)18-2/h10H,3-8H2,1-2H3,(H,13,15). The molecule has 102 valence electrons. The molecule has 1 aliphatic rings. The third-order valence-corrected chi connectivity index (χ3v) is 3.09. The highest BCUT2D eigenvalue weighted by atomic mass is 16.5. The molecule has 0 aromatic rings. The Morgan fingerprint density at radius 2 is 1.89 bits per heavy atom. The molecule has 0 saturated carbocycles. The fourth-order valence-corrected chi connectivity index (χ4v) is 2.03. The second kappa shape index (κ2) is 6.98. The minimum atomic E-state index is -0.194. The molecule has 1 aliphatic heterocycles. The van der Waals surface area contributed by atoms with Gasteiger partial charge in [-0.2, -0.15) is 0 Å². The van der Waals surface area contributed by atoms with Gasteiger partial charge in [-0.15, -0.1) is 0 Å². The monoisotopic (exact) mass is 256 g/mol. The van der Waals surface area contributed by atoms with Crippen LogP contribution in [-0.4, -0.2) is 49.4 Å². The molecule has 18 heavy (non-hydrogen) atoms. The zero-order valence-corrected chi connectivity index (χ0v) is 10.9. The lowest BCUT2D eigenvalue weighted by Gasteiger charge is -2.30. The summed E-state index contributed by atoms with van der Waals surface area (Å²) in [6.45, 7) is 2.95. The Hall–Kier alpha value is -1.59. The number of piperidine rings is 1. The molecule has 1 N–H and O–H groups in total.